The lowest BCUT2D eigenvalue weighted by Crippen LogP contribution is -2.36. The number of hydrogen-bond donors (Lipinski definition) is 1. The molecule has 0 unspecified atom stereocenters. The summed E-state index contributed by atoms with van der Waals surface area (Å²) in [7, 11) is 1.67. The van der Waals surface area contributed by atoms with Crippen LogP contribution < -0.4 is 5.32 Å². The minimum Gasteiger partial charge on any atom is -0.449 e. The Bertz CT molecular complexity index is 849. The second-order valence-corrected chi connectivity index (χ2v) is 6.27. The Kier molecular flexibility index (Phi) is 7.51. The first-order valence-corrected chi connectivity index (χ1v) is 8.92. The summed E-state index contributed by atoms with van der Waals surface area (Å²) in [5, 5.41) is 2.56. The average Bonchev–Trinajstić information content (AvgIpc) is 2.71. The number of rotatable bonds is 8. The molecule has 0 aliphatic carbocycles. The van der Waals surface area contributed by atoms with Crippen LogP contribution in [0, 0.1) is 0 Å². The summed E-state index contributed by atoms with van der Waals surface area (Å²) >= 11 is 0. The summed E-state index contributed by atoms with van der Waals surface area (Å²) in [5.74, 6) is -1.46. The molecule has 0 aromatic heterocycles. The quantitative estimate of drug-likeness (QED) is 0.564. The van der Waals surface area contributed by atoms with Crippen molar-refractivity contribution in [1.82, 2.24) is 10.2 Å². The van der Waals surface area contributed by atoms with Gasteiger partial charge in [0.15, 0.2) is 6.10 Å². The minimum atomic E-state index is -0.988. The van der Waals surface area contributed by atoms with Gasteiger partial charge in [0.05, 0.1) is 11.1 Å². The van der Waals surface area contributed by atoms with Crippen LogP contribution in [0.4, 0.5) is 0 Å². The van der Waals surface area contributed by atoms with E-state index in [-0.39, 0.29) is 23.6 Å². The Labute approximate surface area is 164 Å². The summed E-state index contributed by atoms with van der Waals surface area (Å²) < 4.78 is 5.23. The van der Waals surface area contributed by atoms with Crippen LogP contribution >= 0.6 is 0 Å². The highest BCUT2D eigenvalue weighted by Crippen LogP contribution is 2.15. The van der Waals surface area contributed by atoms with Crippen molar-refractivity contribution in [3.8, 4) is 0 Å². The number of hydrogen-bond acceptors (Lipinski definition) is 4. The molecule has 0 fully saturated rings. The molecule has 6 nitrogen and oxygen atoms in total. The third-order valence-electron chi connectivity index (χ3n) is 4.06. The Balaban J connectivity index is 2.12. The van der Waals surface area contributed by atoms with Gasteiger partial charge in [0, 0.05) is 20.1 Å². The third-order valence-corrected chi connectivity index (χ3v) is 4.06. The van der Waals surface area contributed by atoms with Crippen LogP contribution in [0.1, 0.15) is 33.2 Å². The topological polar surface area (TPSA) is 75.7 Å². The molecule has 6 heteroatoms. The molecule has 0 radical (unpaired) electrons. The van der Waals surface area contributed by atoms with Crippen LogP contribution in [-0.2, 0) is 16.1 Å². The van der Waals surface area contributed by atoms with Crippen LogP contribution in [0.5, 0.6) is 0 Å². The molecule has 0 saturated heterocycles. The average molecular weight is 380 g/mol. The molecule has 2 aromatic carbocycles. The van der Waals surface area contributed by atoms with Crippen molar-refractivity contribution in [3.05, 3.63) is 83.9 Å². The van der Waals surface area contributed by atoms with Gasteiger partial charge in [-0.1, -0.05) is 48.5 Å². The molecular weight excluding hydrogens is 356 g/mol. The lowest BCUT2D eigenvalue weighted by atomic mass is 10.1. The second-order valence-electron chi connectivity index (χ2n) is 6.27. The van der Waals surface area contributed by atoms with Crippen LogP contribution in [0.25, 0.3) is 0 Å². The van der Waals surface area contributed by atoms with Gasteiger partial charge < -0.3 is 15.0 Å². The van der Waals surface area contributed by atoms with Gasteiger partial charge in [0.2, 0.25) is 0 Å². The molecule has 0 saturated carbocycles. The van der Waals surface area contributed by atoms with E-state index in [4.69, 9.17) is 4.74 Å². The maximum atomic E-state index is 12.9. The fourth-order valence-electron chi connectivity index (χ4n) is 2.58. The predicted octanol–water partition coefficient (Wildman–Crippen LogP) is 2.81. The molecule has 1 N–H and O–H groups in total. The van der Waals surface area contributed by atoms with Crippen LogP contribution in [-0.4, -0.2) is 42.4 Å². The van der Waals surface area contributed by atoms with Gasteiger partial charge in [-0.15, -0.1) is 6.58 Å². The fourth-order valence-corrected chi connectivity index (χ4v) is 2.58. The number of nitrogens with zero attached hydrogens (tertiary/aromatic N) is 1. The van der Waals surface area contributed by atoms with E-state index in [9.17, 15) is 14.4 Å². The van der Waals surface area contributed by atoms with Crippen molar-refractivity contribution in [2.24, 2.45) is 0 Å². The Morgan fingerprint density at radius 1 is 1.07 bits per heavy atom. The first-order chi connectivity index (χ1) is 13.4. The minimum absolute atomic E-state index is 0.121. The van der Waals surface area contributed by atoms with E-state index in [1.54, 1.807) is 25.2 Å². The van der Waals surface area contributed by atoms with E-state index < -0.39 is 18.0 Å². The molecule has 1 atom stereocenters. The fraction of sp³-hybridized carbons (Fsp3) is 0.227. The molecule has 146 valence electrons. The third kappa shape index (κ3) is 5.54. The molecule has 2 rings (SSSR count). The molecule has 0 aliphatic rings. The first kappa shape index (κ1) is 20.9. The van der Waals surface area contributed by atoms with Crippen molar-refractivity contribution >= 4 is 17.8 Å². The maximum Gasteiger partial charge on any atom is 0.339 e. The van der Waals surface area contributed by atoms with Crippen molar-refractivity contribution in [2.45, 2.75) is 19.6 Å². The largest absolute Gasteiger partial charge is 0.449 e. The smallest absolute Gasteiger partial charge is 0.339 e. The number of carbonyl (C=O) groups excluding carboxylic acids is 3. The number of esters is 1. The number of ether oxygens (including phenoxy) is 1. The molecule has 2 aromatic rings. The second kappa shape index (κ2) is 10.1. The standard InChI is InChI=1S/C22H24N2O4/c1-4-14-23-20(25)16(2)28-22(27)19-13-9-8-12-18(19)21(26)24(3)15-17-10-6-5-7-11-17/h4-13,16H,1,14-15H2,2-3H3,(H,23,25)/t16-/m1/s1. The summed E-state index contributed by atoms with van der Waals surface area (Å²) in [5.41, 5.74) is 1.33. The maximum absolute atomic E-state index is 12.9. The molecule has 0 aliphatic heterocycles. The van der Waals surface area contributed by atoms with Gasteiger partial charge in [-0.2, -0.15) is 0 Å². The zero-order valence-corrected chi connectivity index (χ0v) is 16.1. The first-order valence-electron chi connectivity index (χ1n) is 8.92. The highest BCUT2D eigenvalue weighted by Gasteiger charge is 2.24. The lowest BCUT2D eigenvalue weighted by Gasteiger charge is -2.19. The van der Waals surface area contributed by atoms with Crippen molar-refractivity contribution in [1.29, 1.82) is 0 Å². The Hall–Kier alpha value is -3.41. The zero-order chi connectivity index (χ0) is 20.5. The Morgan fingerprint density at radius 2 is 1.68 bits per heavy atom. The van der Waals surface area contributed by atoms with Gasteiger partial charge in [0.1, 0.15) is 0 Å². The van der Waals surface area contributed by atoms with Gasteiger partial charge in [-0.25, -0.2) is 4.79 Å². The molecule has 28 heavy (non-hydrogen) atoms. The summed E-state index contributed by atoms with van der Waals surface area (Å²) in [4.78, 5) is 38.8. The molecule has 2 amide bonds. The zero-order valence-electron chi connectivity index (χ0n) is 16.1. The van der Waals surface area contributed by atoms with Gasteiger partial charge >= 0.3 is 5.97 Å². The monoisotopic (exact) mass is 380 g/mol. The molecule has 0 bridgehead atoms. The summed E-state index contributed by atoms with van der Waals surface area (Å²) in [6.45, 7) is 5.67. The van der Waals surface area contributed by atoms with Gasteiger partial charge in [0.25, 0.3) is 11.8 Å². The van der Waals surface area contributed by atoms with Gasteiger partial charge in [-0.05, 0) is 24.6 Å². The van der Waals surface area contributed by atoms with E-state index >= 15 is 0 Å². The normalized spacial score (nSPS) is 11.2. The lowest BCUT2D eigenvalue weighted by molar-refractivity contribution is -0.128. The van der Waals surface area contributed by atoms with Crippen LogP contribution in [0.15, 0.2) is 67.3 Å². The molecule has 0 spiro atoms. The summed E-state index contributed by atoms with van der Waals surface area (Å²) in [6, 6.07) is 16.0. The van der Waals surface area contributed by atoms with Crippen LogP contribution in [0.3, 0.4) is 0 Å². The van der Waals surface area contributed by atoms with E-state index in [1.165, 1.54) is 24.0 Å². The molecule has 0 heterocycles. The predicted molar refractivity (Wildman–Crippen MR) is 107 cm³/mol. The SMILES string of the molecule is C=CCNC(=O)[C@@H](C)OC(=O)c1ccccc1C(=O)N(C)Cc1ccccc1. The Morgan fingerprint density at radius 3 is 2.32 bits per heavy atom. The van der Waals surface area contributed by atoms with Crippen LogP contribution in [0.2, 0.25) is 0 Å². The van der Waals surface area contributed by atoms with E-state index in [0.717, 1.165) is 5.56 Å². The number of carbonyl (C=O) groups is 3. The van der Waals surface area contributed by atoms with E-state index in [1.807, 2.05) is 30.3 Å². The van der Waals surface area contributed by atoms with Gasteiger partial charge in [-0.3, -0.25) is 9.59 Å². The van der Waals surface area contributed by atoms with E-state index in [2.05, 4.69) is 11.9 Å². The number of amides is 2. The van der Waals surface area contributed by atoms with Crippen molar-refractivity contribution in [2.75, 3.05) is 13.6 Å². The highest BCUT2D eigenvalue weighted by atomic mass is 16.5. The number of benzene rings is 2. The summed E-state index contributed by atoms with van der Waals surface area (Å²) in [6.07, 6.45) is 0.542. The number of nitrogens with one attached hydrogen (secondary N) is 1. The van der Waals surface area contributed by atoms with Crippen molar-refractivity contribution < 1.29 is 19.1 Å². The van der Waals surface area contributed by atoms with Crippen molar-refractivity contribution in [3.63, 3.8) is 0 Å². The van der Waals surface area contributed by atoms with E-state index in [0.29, 0.717) is 6.54 Å². The molecular formula is C22H24N2O4. The highest BCUT2D eigenvalue weighted by molar-refractivity contribution is 6.05.